The first-order valence-electron chi connectivity index (χ1n) is 6.31. The minimum absolute atomic E-state index is 0.321. The molecule has 0 bridgehead atoms. The molecule has 0 unspecified atom stereocenters. The zero-order valence-electron chi connectivity index (χ0n) is 11.4. The third-order valence-corrected chi connectivity index (χ3v) is 3.94. The number of rotatable bonds is 3. The van der Waals surface area contributed by atoms with Gasteiger partial charge in [0, 0.05) is 21.4 Å². The lowest BCUT2D eigenvalue weighted by atomic mass is 10.2. The van der Waals surface area contributed by atoms with Gasteiger partial charge in [-0.3, -0.25) is 0 Å². The highest BCUT2D eigenvalue weighted by Crippen LogP contribution is 2.20. The number of hydrogen-bond donors (Lipinski definition) is 2. The van der Waals surface area contributed by atoms with Crippen molar-refractivity contribution in [2.45, 2.75) is 6.92 Å². The van der Waals surface area contributed by atoms with Crippen LogP contribution in [-0.4, -0.2) is 6.03 Å². The second kappa shape index (κ2) is 7.29. The van der Waals surface area contributed by atoms with Gasteiger partial charge < -0.3 is 10.6 Å². The van der Waals surface area contributed by atoms with Crippen LogP contribution < -0.4 is 10.6 Å². The number of benzene rings is 2. The molecular weight excluding hydrogens is 352 g/mol. The highest BCUT2D eigenvalue weighted by molar-refractivity contribution is 9.10. The van der Waals surface area contributed by atoms with Crippen molar-refractivity contribution in [3.63, 3.8) is 0 Å². The van der Waals surface area contributed by atoms with Crippen LogP contribution in [0.25, 0.3) is 6.08 Å². The van der Waals surface area contributed by atoms with Gasteiger partial charge in [0.05, 0.1) is 0 Å². The molecule has 5 heteroatoms. The van der Waals surface area contributed by atoms with E-state index in [-0.39, 0.29) is 6.03 Å². The highest BCUT2D eigenvalue weighted by atomic mass is 79.9. The molecule has 0 atom stereocenters. The number of nitrogens with one attached hydrogen (secondary N) is 2. The van der Waals surface area contributed by atoms with Crippen molar-refractivity contribution in [2.24, 2.45) is 0 Å². The van der Waals surface area contributed by atoms with Crippen molar-refractivity contribution in [3.8, 4) is 0 Å². The second-order valence-electron chi connectivity index (χ2n) is 4.42. The van der Waals surface area contributed by atoms with E-state index in [0.717, 1.165) is 15.6 Å². The maximum Gasteiger partial charge on any atom is 0.323 e. The summed E-state index contributed by atoms with van der Waals surface area (Å²) in [5.41, 5.74) is 2.60. The summed E-state index contributed by atoms with van der Waals surface area (Å²) in [6.07, 6.45) is 3.40. The fourth-order valence-corrected chi connectivity index (χ4v) is 2.25. The van der Waals surface area contributed by atoms with Gasteiger partial charge in [-0.1, -0.05) is 51.8 Å². The molecule has 0 aliphatic heterocycles. The lowest BCUT2D eigenvalue weighted by Crippen LogP contribution is -2.23. The molecule has 2 amide bonds. The molecule has 0 fully saturated rings. The number of carbonyl (C=O) groups is 1. The van der Waals surface area contributed by atoms with Gasteiger partial charge in [0.1, 0.15) is 0 Å². The van der Waals surface area contributed by atoms with Gasteiger partial charge >= 0.3 is 6.03 Å². The molecule has 0 aromatic heterocycles. The predicted molar refractivity (Wildman–Crippen MR) is 91.5 cm³/mol. The number of aryl methyl sites for hydroxylation is 1. The van der Waals surface area contributed by atoms with Crippen molar-refractivity contribution >= 4 is 45.3 Å². The van der Waals surface area contributed by atoms with E-state index in [1.807, 2.05) is 43.3 Å². The first-order chi connectivity index (χ1) is 10.1. The average Bonchev–Trinajstić information content (AvgIpc) is 2.45. The Bertz CT molecular complexity index is 686. The average molecular weight is 366 g/mol. The number of hydrogen-bond acceptors (Lipinski definition) is 1. The Morgan fingerprint density at radius 3 is 2.71 bits per heavy atom. The third-order valence-electron chi connectivity index (χ3n) is 2.81. The highest BCUT2D eigenvalue weighted by Gasteiger charge is 2.01. The summed E-state index contributed by atoms with van der Waals surface area (Å²) in [5.74, 6) is 0. The zero-order chi connectivity index (χ0) is 15.2. The van der Waals surface area contributed by atoms with Crippen LogP contribution in [0.2, 0.25) is 5.02 Å². The normalized spacial score (nSPS) is 10.6. The Balaban J connectivity index is 1.93. The number of amides is 2. The molecule has 0 spiro atoms. The summed E-state index contributed by atoms with van der Waals surface area (Å²) in [6.45, 7) is 1.91. The van der Waals surface area contributed by atoms with Crippen LogP contribution in [0.15, 0.2) is 53.1 Å². The summed E-state index contributed by atoms with van der Waals surface area (Å²) in [7, 11) is 0. The Labute approximate surface area is 137 Å². The molecule has 2 N–H and O–H groups in total. The molecular formula is C16H14BrClN2O. The van der Waals surface area contributed by atoms with E-state index < -0.39 is 0 Å². The van der Waals surface area contributed by atoms with Crippen LogP contribution >= 0.6 is 27.5 Å². The standard InChI is InChI=1S/C16H14BrClN2O/c1-11-6-7-13(10-15(11)18)20-16(21)19-9-8-12-4-2-3-5-14(12)17/h2-10H,1H3,(H2,19,20,21)/b9-8+. The monoisotopic (exact) mass is 364 g/mol. The van der Waals surface area contributed by atoms with E-state index in [0.29, 0.717) is 10.7 Å². The Morgan fingerprint density at radius 1 is 1.24 bits per heavy atom. The SMILES string of the molecule is Cc1ccc(NC(=O)N/C=C/c2ccccc2Br)cc1Cl. The van der Waals surface area contributed by atoms with Gasteiger partial charge in [0.15, 0.2) is 0 Å². The van der Waals surface area contributed by atoms with E-state index in [2.05, 4.69) is 26.6 Å². The van der Waals surface area contributed by atoms with Crippen molar-refractivity contribution in [3.05, 3.63) is 69.3 Å². The van der Waals surface area contributed by atoms with Gasteiger partial charge in [-0.15, -0.1) is 0 Å². The summed E-state index contributed by atoms with van der Waals surface area (Å²) in [5, 5.41) is 5.98. The van der Waals surface area contributed by atoms with Crippen LogP contribution in [0.5, 0.6) is 0 Å². The van der Waals surface area contributed by atoms with Crippen molar-refractivity contribution in [2.75, 3.05) is 5.32 Å². The quantitative estimate of drug-likeness (QED) is 0.771. The number of carbonyl (C=O) groups excluding carboxylic acids is 1. The van der Waals surface area contributed by atoms with E-state index >= 15 is 0 Å². The van der Waals surface area contributed by atoms with Crippen LogP contribution in [0.1, 0.15) is 11.1 Å². The topological polar surface area (TPSA) is 41.1 Å². The van der Waals surface area contributed by atoms with Crippen molar-refractivity contribution in [1.29, 1.82) is 0 Å². The summed E-state index contributed by atoms with van der Waals surface area (Å²) in [4.78, 5) is 11.8. The van der Waals surface area contributed by atoms with E-state index in [9.17, 15) is 4.79 Å². The molecule has 0 aliphatic carbocycles. The minimum atomic E-state index is -0.321. The van der Waals surface area contributed by atoms with Gasteiger partial charge in [-0.2, -0.15) is 0 Å². The first-order valence-corrected chi connectivity index (χ1v) is 7.48. The molecule has 2 aromatic rings. The van der Waals surface area contributed by atoms with Crippen molar-refractivity contribution < 1.29 is 4.79 Å². The number of halogens is 2. The lowest BCUT2D eigenvalue weighted by molar-refractivity contribution is 0.255. The predicted octanol–water partition coefficient (Wildman–Crippen LogP) is 5.20. The molecule has 0 saturated carbocycles. The molecule has 2 rings (SSSR count). The summed E-state index contributed by atoms with van der Waals surface area (Å²) in [6, 6.07) is 12.8. The number of urea groups is 1. The van der Waals surface area contributed by atoms with Crippen molar-refractivity contribution in [1.82, 2.24) is 5.32 Å². The van der Waals surface area contributed by atoms with Crippen LogP contribution in [0.4, 0.5) is 10.5 Å². The molecule has 108 valence electrons. The smallest absolute Gasteiger partial charge is 0.314 e. The molecule has 0 radical (unpaired) electrons. The maximum absolute atomic E-state index is 11.8. The second-order valence-corrected chi connectivity index (χ2v) is 5.68. The van der Waals surface area contributed by atoms with Crippen LogP contribution in [0.3, 0.4) is 0 Å². The summed E-state index contributed by atoms with van der Waals surface area (Å²) < 4.78 is 0.966. The first kappa shape index (κ1) is 15.6. The van der Waals surface area contributed by atoms with Crippen LogP contribution in [0, 0.1) is 6.92 Å². The van der Waals surface area contributed by atoms with E-state index in [1.165, 1.54) is 0 Å². The molecule has 0 aliphatic rings. The van der Waals surface area contributed by atoms with Crippen LogP contribution in [-0.2, 0) is 0 Å². The van der Waals surface area contributed by atoms with E-state index in [4.69, 9.17) is 11.6 Å². The Kier molecular flexibility index (Phi) is 5.42. The molecule has 2 aromatic carbocycles. The van der Waals surface area contributed by atoms with Gasteiger partial charge in [-0.25, -0.2) is 4.79 Å². The van der Waals surface area contributed by atoms with Gasteiger partial charge in [-0.05, 0) is 42.3 Å². The zero-order valence-corrected chi connectivity index (χ0v) is 13.7. The minimum Gasteiger partial charge on any atom is -0.314 e. The largest absolute Gasteiger partial charge is 0.323 e. The molecule has 0 saturated heterocycles. The third kappa shape index (κ3) is 4.62. The molecule has 21 heavy (non-hydrogen) atoms. The fourth-order valence-electron chi connectivity index (χ4n) is 1.66. The Hall–Kier alpha value is -1.78. The van der Waals surface area contributed by atoms with E-state index in [1.54, 1.807) is 18.3 Å². The Morgan fingerprint density at radius 2 is 2.00 bits per heavy atom. The van der Waals surface area contributed by atoms with Gasteiger partial charge in [0.25, 0.3) is 0 Å². The maximum atomic E-state index is 11.8. The van der Waals surface area contributed by atoms with Gasteiger partial charge in [0.2, 0.25) is 0 Å². The molecule has 3 nitrogen and oxygen atoms in total. The summed E-state index contributed by atoms with van der Waals surface area (Å²) >= 11 is 9.45. The fraction of sp³-hybridized carbons (Fsp3) is 0.0625. The lowest BCUT2D eigenvalue weighted by Gasteiger charge is -2.06. The number of anilines is 1. The molecule has 0 heterocycles.